The Kier molecular flexibility index (Phi) is 4.16. The predicted molar refractivity (Wildman–Crippen MR) is 83.1 cm³/mol. The molecule has 1 unspecified atom stereocenters. The van der Waals surface area contributed by atoms with Gasteiger partial charge >= 0.3 is 0 Å². The molecular formula is C16H22BrFN2. The van der Waals surface area contributed by atoms with Crippen molar-refractivity contribution in [2.75, 3.05) is 19.6 Å². The Labute approximate surface area is 128 Å². The lowest BCUT2D eigenvalue weighted by atomic mass is 9.95. The largest absolute Gasteiger partial charge is 0.310 e. The average Bonchev–Trinajstić information content (AvgIpc) is 3.16. The van der Waals surface area contributed by atoms with Crippen molar-refractivity contribution in [1.29, 1.82) is 0 Å². The van der Waals surface area contributed by atoms with Gasteiger partial charge in [0.15, 0.2) is 0 Å². The van der Waals surface area contributed by atoms with Crippen LogP contribution in [0.25, 0.3) is 0 Å². The van der Waals surface area contributed by atoms with Crippen LogP contribution in [0, 0.1) is 11.7 Å². The van der Waals surface area contributed by atoms with Crippen LogP contribution < -0.4 is 5.32 Å². The second-order valence-corrected chi connectivity index (χ2v) is 7.38. The van der Waals surface area contributed by atoms with Gasteiger partial charge in [-0.3, -0.25) is 4.90 Å². The summed E-state index contributed by atoms with van der Waals surface area (Å²) in [6.45, 7) is 6.43. The number of nitrogens with zero attached hydrogens (tertiary/aromatic N) is 1. The van der Waals surface area contributed by atoms with Gasteiger partial charge in [0.05, 0.1) is 0 Å². The Morgan fingerprint density at radius 2 is 2.20 bits per heavy atom. The van der Waals surface area contributed by atoms with Crippen LogP contribution in [0.4, 0.5) is 4.39 Å². The molecule has 0 aromatic heterocycles. The Bertz CT molecular complexity index is 469. The molecule has 0 amide bonds. The molecule has 0 bridgehead atoms. The maximum absolute atomic E-state index is 13.5. The van der Waals surface area contributed by atoms with Crippen LogP contribution in [0.1, 0.15) is 31.7 Å². The van der Waals surface area contributed by atoms with Gasteiger partial charge in [-0.1, -0.05) is 15.9 Å². The van der Waals surface area contributed by atoms with Crippen molar-refractivity contribution in [3.8, 4) is 0 Å². The third-order valence-corrected chi connectivity index (χ3v) is 5.00. The molecule has 20 heavy (non-hydrogen) atoms. The summed E-state index contributed by atoms with van der Waals surface area (Å²) in [4.78, 5) is 2.47. The van der Waals surface area contributed by atoms with Crippen LogP contribution in [-0.4, -0.2) is 30.1 Å². The lowest BCUT2D eigenvalue weighted by molar-refractivity contribution is 0.195. The van der Waals surface area contributed by atoms with Crippen molar-refractivity contribution in [3.05, 3.63) is 34.1 Å². The van der Waals surface area contributed by atoms with E-state index in [9.17, 15) is 4.39 Å². The van der Waals surface area contributed by atoms with Crippen LogP contribution in [-0.2, 0) is 6.54 Å². The van der Waals surface area contributed by atoms with E-state index in [0.29, 0.717) is 0 Å². The van der Waals surface area contributed by atoms with Crippen LogP contribution in [0.15, 0.2) is 22.7 Å². The number of hydrogen-bond acceptors (Lipinski definition) is 2. The van der Waals surface area contributed by atoms with Crippen molar-refractivity contribution in [2.24, 2.45) is 5.92 Å². The van der Waals surface area contributed by atoms with Gasteiger partial charge in [0.1, 0.15) is 5.82 Å². The molecule has 0 radical (unpaired) electrons. The molecule has 3 rings (SSSR count). The minimum absolute atomic E-state index is 0.160. The summed E-state index contributed by atoms with van der Waals surface area (Å²) in [5, 5.41) is 3.73. The predicted octanol–water partition coefficient (Wildman–Crippen LogP) is 3.55. The molecule has 110 valence electrons. The molecule has 2 aliphatic rings. The molecule has 1 atom stereocenters. The summed E-state index contributed by atoms with van der Waals surface area (Å²) in [6.07, 6.45) is 3.87. The molecule has 1 heterocycles. The lowest BCUT2D eigenvalue weighted by Crippen LogP contribution is -2.50. The Hall–Kier alpha value is -0.450. The van der Waals surface area contributed by atoms with Crippen molar-refractivity contribution < 1.29 is 4.39 Å². The minimum atomic E-state index is -0.160. The molecule has 1 aromatic rings. The lowest BCUT2D eigenvalue weighted by Gasteiger charge is -2.34. The van der Waals surface area contributed by atoms with Gasteiger partial charge in [-0.2, -0.15) is 0 Å². The fraction of sp³-hybridized carbons (Fsp3) is 0.625. The zero-order valence-corrected chi connectivity index (χ0v) is 13.5. The van der Waals surface area contributed by atoms with Crippen molar-refractivity contribution in [2.45, 2.75) is 38.3 Å². The van der Waals surface area contributed by atoms with Gasteiger partial charge in [0.25, 0.3) is 0 Å². The first-order valence-electron chi connectivity index (χ1n) is 7.47. The van der Waals surface area contributed by atoms with E-state index < -0.39 is 0 Å². The highest BCUT2D eigenvalue weighted by atomic mass is 79.9. The van der Waals surface area contributed by atoms with Gasteiger partial charge < -0.3 is 5.32 Å². The van der Waals surface area contributed by atoms with Crippen LogP contribution >= 0.6 is 15.9 Å². The van der Waals surface area contributed by atoms with Crippen LogP contribution in [0.3, 0.4) is 0 Å². The van der Waals surface area contributed by atoms with Crippen molar-refractivity contribution >= 4 is 15.9 Å². The zero-order valence-electron chi connectivity index (χ0n) is 12.0. The first-order chi connectivity index (χ1) is 9.55. The number of rotatable bonds is 3. The van der Waals surface area contributed by atoms with E-state index >= 15 is 0 Å². The highest BCUT2D eigenvalue weighted by Gasteiger charge is 2.42. The SMILES string of the molecule is CC1(C2CC2)CN(Cc2cc(F)cc(Br)c2)CCCN1. The third-order valence-electron chi connectivity index (χ3n) is 4.54. The number of hydrogen-bond donors (Lipinski definition) is 1. The Morgan fingerprint density at radius 3 is 2.90 bits per heavy atom. The Morgan fingerprint density at radius 1 is 1.40 bits per heavy atom. The second kappa shape index (κ2) is 5.74. The van der Waals surface area contributed by atoms with E-state index in [1.54, 1.807) is 6.07 Å². The van der Waals surface area contributed by atoms with Gasteiger partial charge in [-0.15, -0.1) is 0 Å². The van der Waals surface area contributed by atoms with Gasteiger partial charge in [-0.25, -0.2) is 4.39 Å². The average molecular weight is 341 g/mol. The van der Waals surface area contributed by atoms with Gasteiger partial charge in [0, 0.05) is 23.1 Å². The molecule has 4 heteroatoms. The molecule has 0 spiro atoms. The van der Waals surface area contributed by atoms with E-state index in [-0.39, 0.29) is 11.4 Å². The molecule has 1 aliphatic heterocycles. The molecular weight excluding hydrogens is 319 g/mol. The van der Waals surface area contributed by atoms with E-state index in [1.807, 2.05) is 6.07 Å². The topological polar surface area (TPSA) is 15.3 Å². The van der Waals surface area contributed by atoms with Gasteiger partial charge in [0.2, 0.25) is 0 Å². The molecule has 1 N–H and O–H groups in total. The summed E-state index contributed by atoms with van der Waals surface area (Å²) < 4.78 is 14.3. The van der Waals surface area contributed by atoms with Gasteiger partial charge in [-0.05, 0) is 69.0 Å². The molecule has 1 aromatic carbocycles. The maximum Gasteiger partial charge on any atom is 0.124 e. The van der Waals surface area contributed by atoms with Crippen LogP contribution in [0.2, 0.25) is 0 Å². The normalized spacial score (nSPS) is 28.4. The van der Waals surface area contributed by atoms with Crippen molar-refractivity contribution in [3.63, 3.8) is 0 Å². The number of benzene rings is 1. The number of halogens is 2. The summed E-state index contributed by atoms with van der Waals surface area (Å²) >= 11 is 3.38. The van der Waals surface area contributed by atoms with E-state index in [1.165, 1.54) is 25.3 Å². The summed E-state index contributed by atoms with van der Waals surface area (Å²) in [6, 6.07) is 5.19. The summed E-state index contributed by atoms with van der Waals surface area (Å²) in [5.74, 6) is 0.662. The smallest absolute Gasteiger partial charge is 0.124 e. The molecule has 2 fully saturated rings. The minimum Gasteiger partial charge on any atom is -0.310 e. The molecule has 1 saturated carbocycles. The zero-order chi connectivity index (χ0) is 14.2. The first kappa shape index (κ1) is 14.5. The van der Waals surface area contributed by atoms with E-state index in [4.69, 9.17) is 0 Å². The second-order valence-electron chi connectivity index (χ2n) is 6.46. The van der Waals surface area contributed by atoms with Crippen LogP contribution in [0.5, 0.6) is 0 Å². The van der Waals surface area contributed by atoms with E-state index in [0.717, 1.165) is 42.1 Å². The monoisotopic (exact) mass is 340 g/mol. The van der Waals surface area contributed by atoms with Crippen molar-refractivity contribution in [1.82, 2.24) is 10.2 Å². The summed E-state index contributed by atoms with van der Waals surface area (Å²) in [5.41, 5.74) is 1.29. The Balaban J connectivity index is 1.71. The third kappa shape index (κ3) is 3.41. The first-order valence-corrected chi connectivity index (χ1v) is 8.27. The standard InChI is InChI=1S/C16H22BrFN2/c1-16(13-3-4-13)11-20(6-2-5-19-16)10-12-7-14(17)9-15(18)8-12/h7-9,13,19H,2-6,10-11H2,1H3. The van der Waals surface area contributed by atoms with E-state index in [2.05, 4.69) is 33.1 Å². The fourth-order valence-electron chi connectivity index (χ4n) is 3.37. The molecule has 1 saturated heterocycles. The maximum atomic E-state index is 13.5. The molecule has 1 aliphatic carbocycles. The quantitative estimate of drug-likeness (QED) is 0.905. The fourth-order valence-corrected chi connectivity index (χ4v) is 3.88. The summed E-state index contributed by atoms with van der Waals surface area (Å²) in [7, 11) is 0. The highest BCUT2D eigenvalue weighted by molar-refractivity contribution is 9.10. The number of nitrogens with one attached hydrogen (secondary N) is 1. The molecule has 2 nitrogen and oxygen atoms in total. The highest BCUT2D eigenvalue weighted by Crippen LogP contribution is 2.40.